The Kier molecular flexibility index (Phi) is 5.05. The fourth-order valence-electron chi connectivity index (χ4n) is 1.16. The SMILES string of the molecule is CN(C)C(=O)CCSc1cccc(C=O)c1. The smallest absolute Gasteiger partial charge is 0.222 e. The quantitative estimate of drug-likeness (QED) is 0.581. The Labute approximate surface area is 99.8 Å². The summed E-state index contributed by atoms with van der Waals surface area (Å²) >= 11 is 1.59. The highest BCUT2D eigenvalue weighted by Crippen LogP contribution is 2.19. The molecule has 1 aromatic rings. The summed E-state index contributed by atoms with van der Waals surface area (Å²) in [5, 5.41) is 0. The van der Waals surface area contributed by atoms with Gasteiger partial charge in [0.2, 0.25) is 5.91 Å². The molecule has 0 aromatic heterocycles. The number of aldehydes is 1. The number of thioether (sulfide) groups is 1. The lowest BCUT2D eigenvalue weighted by atomic mass is 10.2. The van der Waals surface area contributed by atoms with Crippen molar-refractivity contribution in [2.75, 3.05) is 19.8 Å². The molecule has 0 aliphatic rings. The van der Waals surface area contributed by atoms with E-state index >= 15 is 0 Å². The highest BCUT2D eigenvalue weighted by atomic mass is 32.2. The van der Waals surface area contributed by atoms with E-state index in [2.05, 4.69) is 0 Å². The number of hydrogen-bond donors (Lipinski definition) is 0. The Hall–Kier alpha value is -1.29. The first-order valence-electron chi connectivity index (χ1n) is 5.01. The van der Waals surface area contributed by atoms with E-state index in [1.165, 1.54) is 0 Å². The first-order valence-corrected chi connectivity index (χ1v) is 6.00. The average molecular weight is 237 g/mol. The van der Waals surface area contributed by atoms with Crippen molar-refractivity contribution in [3.8, 4) is 0 Å². The van der Waals surface area contributed by atoms with Crippen molar-refractivity contribution in [3.05, 3.63) is 29.8 Å². The molecule has 16 heavy (non-hydrogen) atoms. The van der Waals surface area contributed by atoms with Gasteiger partial charge in [-0.2, -0.15) is 0 Å². The van der Waals surface area contributed by atoms with Crippen LogP contribution in [0.25, 0.3) is 0 Å². The second-order valence-corrected chi connectivity index (χ2v) is 4.75. The lowest BCUT2D eigenvalue weighted by Crippen LogP contribution is -2.21. The molecule has 0 atom stereocenters. The number of amides is 1. The first-order chi connectivity index (χ1) is 7.63. The van der Waals surface area contributed by atoms with E-state index in [0.717, 1.165) is 16.9 Å². The van der Waals surface area contributed by atoms with Crippen molar-refractivity contribution in [1.82, 2.24) is 4.90 Å². The zero-order valence-corrected chi connectivity index (χ0v) is 10.3. The van der Waals surface area contributed by atoms with Crippen LogP contribution in [0.3, 0.4) is 0 Å². The molecule has 1 rings (SSSR count). The third kappa shape index (κ3) is 4.06. The van der Waals surface area contributed by atoms with Crippen molar-refractivity contribution < 1.29 is 9.59 Å². The Morgan fingerprint density at radius 3 is 2.81 bits per heavy atom. The highest BCUT2D eigenvalue weighted by Gasteiger charge is 2.03. The van der Waals surface area contributed by atoms with Crippen LogP contribution in [0.5, 0.6) is 0 Å². The average Bonchev–Trinajstić information content (AvgIpc) is 2.29. The molecule has 0 aliphatic carbocycles. The third-order valence-corrected chi connectivity index (χ3v) is 3.07. The van der Waals surface area contributed by atoms with E-state index in [1.807, 2.05) is 18.2 Å². The summed E-state index contributed by atoms with van der Waals surface area (Å²) in [6.45, 7) is 0. The van der Waals surface area contributed by atoms with Gasteiger partial charge in [-0.1, -0.05) is 12.1 Å². The standard InChI is InChI=1S/C12H15NO2S/c1-13(2)12(15)6-7-16-11-5-3-4-10(8-11)9-14/h3-5,8-9H,6-7H2,1-2H3. The maximum Gasteiger partial charge on any atom is 0.222 e. The summed E-state index contributed by atoms with van der Waals surface area (Å²) in [7, 11) is 3.50. The second kappa shape index (κ2) is 6.33. The Morgan fingerprint density at radius 1 is 1.44 bits per heavy atom. The minimum absolute atomic E-state index is 0.124. The number of carbonyl (C=O) groups excluding carboxylic acids is 2. The van der Waals surface area contributed by atoms with Crippen LogP contribution in [0, 0.1) is 0 Å². The number of carbonyl (C=O) groups is 2. The van der Waals surface area contributed by atoms with E-state index < -0.39 is 0 Å². The number of benzene rings is 1. The highest BCUT2D eigenvalue weighted by molar-refractivity contribution is 7.99. The van der Waals surface area contributed by atoms with Gasteiger partial charge in [0, 0.05) is 36.7 Å². The molecule has 0 saturated heterocycles. The van der Waals surface area contributed by atoms with E-state index in [4.69, 9.17) is 0 Å². The van der Waals surface area contributed by atoms with E-state index in [0.29, 0.717) is 12.0 Å². The third-order valence-electron chi connectivity index (χ3n) is 2.08. The molecule has 0 radical (unpaired) electrons. The van der Waals surface area contributed by atoms with Crippen LogP contribution >= 0.6 is 11.8 Å². The lowest BCUT2D eigenvalue weighted by Gasteiger charge is -2.09. The molecule has 0 unspecified atom stereocenters. The second-order valence-electron chi connectivity index (χ2n) is 3.58. The summed E-state index contributed by atoms with van der Waals surface area (Å²) in [6.07, 6.45) is 1.35. The normalized spacial score (nSPS) is 9.88. The van der Waals surface area contributed by atoms with Crippen LogP contribution in [0.15, 0.2) is 29.2 Å². The van der Waals surface area contributed by atoms with E-state index in [9.17, 15) is 9.59 Å². The molecular formula is C12H15NO2S. The molecule has 0 N–H and O–H groups in total. The minimum Gasteiger partial charge on any atom is -0.349 e. The van der Waals surface area contributed by atoms with Gasteiger partial charge in [0.05, 0.1) is 0 Å². The largest absolute Gasteiger partial charge is 0.349 e. The zero-order chi connectivity index (χ0) is 12.0. The van der Waals surface area contributed by atoms with Gasteiger partial charge < -0.3 is 4.90 Å². The zero-order valence-electron chi connectivity index (χ0n) is 9.47. The molecule has 0 saturated carbocycles. The van der Waals surface area contributed by atoms with E-state index in [1.54, 1.807) is 36.8 Å². The van der Waals surface area contributed by atoms with Crippen molar-refractivity contribution in [2.45, 2.75) is 11.3 Å². The molecule has 86 valence electrons. The molecule has 3 nitrogen and oxygen atoms in total. The van der Waals surface area contributed by atoms with Gasteiger partial charge in [0.1, 0.15) is 6.29 Å². The fraction of sp³-hybridized carbons (Fsp3) is 0.333. The molecule has 4 heteroatoms. The first kappa shape index (κ1) is 12.8. The van der Waals surface area contributed by atoms with Crippen molar-refractivity contribution >= 4 is 24.0 Å². The summed E-state index contributed by atoms with van der Waals surface area (Å²) in [5.74, 6) is 0.860. The number of hydrogen-bond acceptors (Lipinski definition) is 3. The summed E-state index contributed by atoms with van der Waals surface area (Å²) in [5.41, 5.74) is 0.670. The topological polar surface area (TPSA) is 37.4 Å². The van der Waals surface area contributed by atoms with Crippen LogP contribution in [-0.4, -0.2) is 36.9 Å². The Morgan fingerprint density at radius 2 is 2.19 bits per heavy atom. The minimum atomic E-state index is 0.124. The fourth-order valence-corrected chi connectivity index (χ4v) is 2.06. The van der Waals surface area contributed by atoms with Gasteiger partial charge in [-0.15, -0.1) is 11.8 Å². The van der Waals surface area contributed by atoms with Crippen molar-refractivity contribution in [2.24, 2.45) is 0 Å². The molecule has 0 bridgehead atoms. The summed E-state index contributed by atoms with van der Waals surface area (Å²) in [4.78, 5) is 24.5. The maximum atomic E-state index is 11.3. The Bertz CT molecular complexity index is 377. The number of rotatable bonds is 5. The van der Waals surface area contributed by atoms with Crippen LogP contribution < -0.4 is 0 Å². The molecule has 0 aliphatic heterocycles. The van der Waals surface area contributed by atoms with Crippen molar-refractivity contribution in [3.63, 3.8) is 0 Å². The predicted molar refractivity (Wildman–Crippen MR) is 65.9 cm³/mol. The van der Waals surface area contributed by atoms with Crippen LogP contribution in [0.4, 0.5) is 0 Å². The molecular weight excluding hydrogens is 222 g/mol. The van der Waals surface area contributed by atoms with Gasteiger partial charge >= 0.3 is 0 Å². The predicted octanol–water partition coefficient (Wildman–Crippen LogP) is 2.07. The van der Waals surface area contributed by atoms with Gasteiger partial charge in [-0.25, -0.2) is 0 Å². The molecule has 0 fully saturated rings. The number of nitrogens with zero attached hydrogens (tertiary/aromatic N) is 1. The van der Waals surface area contributed by atoms with Crippen LogP contribution in [0.1, 0.15) is 16.8 Å². The van der Waals surface area contributed by atoms with Crippen LogP contribution in [-0.2, 0) is 4.79 Å². The van der Waals surface area contributed by atoms with Crippen molar-refractivity contribution in [1.29, 1.82) is 0 Å². The summed E-state index contributed by atoms with van der Waals surface area (Å²) in [6, 6.07) is 7.39. The molecule has 0 heterocycles. The molecule has 0 spiro atoms. The molecule has 1 amide bonds. The Balaban J connectivity index is 2.42. The summed E-state index contributed by atoms with van der Waals surface area (Å²) < 4.78 is 0. The lowest BCUT2D eigenvalue weighted by molar-refractivity contribution is -0.128. The van der Waals surface area contributed by atoms with E-state index in [-0.39, 0.29) is 5.91 Å². The molecule has 1 aromatic carbocycles. The van der Waals surface area contributed by atoms with Gasteiger partial charge in [0.15, 0.2) is 0 Å². The van der Waals surface area contributed by atoms with Gasteiger partial charge in [0.25, 0.3) is 0 Å². The van der Waals surface area contributed by atoms with Gasteiger partial charge in [-0.3, -0.25) is 9.59 Å². The van der Waals surface area contributed by atoms with Gasteiger partial charge in [-0.05, 0) is 12.1 Å². The maximum absolute atomic E-state index is 11.3. The van der Waals surface area contributed by atoms with Crippen LogP contribution in [0.2, 0.25) is 0 Å². The monoisotopic (exact) mass is 237 g/mol.